The molecule has 0 heterocycles. The van der Waals surface area contributed by atoms with Crippen molar-refractivity contribution in [1.29, 1.82) is 0 Å². The molecule has 2 amide bonds. The van der Waals surface area contributed by atoms with Crippen LogP contribution in [0.5, 0.6) is 5.75 Å². The fourth-order valence-corrected chi connectivity index (χ4v) is 3.85. The van der Waals surface area contributed by atoms with Crippen LogP contribution in [0.4, 0.5) is 10.1 Å². The maximum Gasteiger partial charge on any atom is 0.272 e. The fraction of sp³-hybridized carbons (Fsp3) is 0.0312. The molecule has 0 fully saturated rings. The van der Waals surface area contributed by atoms with Crippen molar-refractivity contribution in [3.05, 3.63) is 142 Å². The van der Waals surface area contributed by atoms with Crippen molar-refractivity contribution in [1.82, 2.24) is 5.32 Å². The number of amides is 2. The van der Waals surface area contributed by atoms with E-state index in [4.69, 9.17) is 16.3 Å². The zero-order chi connectivity index (χ0) is 28.5. The molecule has 0 unspecified atom stereocenters. The predicted molar refractivity (Wildman–Crippen MR) is 155 cm³/mol. The van der Waals surface area contributed by atoms with Gasteiger partial charge in [-0.15, -0.1) is 0 Å². The second-order valence-corrected chi connectivity index (χ2v) is 8.92. The van der Waals surface area contributed by atoms with E-state index >= 15 is 0 Å². The molecule has 4 rings (SSSR count). The van der Waals surface area contributed by atoms with Crippen LogP contribution < -0.4 is 15.4 Å². The zero-order valence-electron chi connectivity index (χ0n) is 21.4. The Morgan fingerprint density at radius 1 is 0.825 bits per heavy atom. The van der Waals surface area contributed by atoms with Crippen LogP contribution >= 0.6 is 11.6 Å². The average Bonchev–Trinajstić information content (AvgIpc) is 2.98. The number of halogens is 2. The third-order valence-corrected chi connectivity index (χ3v) is 6.12. The molecule has 200 valence electrons. The Labute approximate surface area is 235 Å². The SMILES string of the molecule is COc1ccc(/C=C/C(=O)c2ccc(NC(=O)/C(=C/c3c(F)cccc3Cl)NC(=O)c3ccccc3)cc2)cc1. The summed E-state index contributed by atoms with van der Waals surface area (Å²) < 4.78 is 19.6. The molecule has 0 aliphatic carbocycles. The lowest BCUT2D eigenvalue weighted by Gasteiger charge is -2.12. The standard InChI is InChI=1S/C32H24ClFN2O4/c1-40-25-17-10-21(11-18-25)12-19-30(37)22-13-15-24(16-14-22)35-32(39)29(20-26-27(33)8-5-9-28(26)34)36-31(38)23-6-3-2-4-7-23/h2-20H,1H3,(H,35,39)(H,36,38)/b19-12+,29-20-. The van der Waals surface area contributed by atoms with Gasteiger partial charge in [0.15, 0.2) is 5.78 Å². The quantitative estimate of drug-likeness (QED) is 0.176. The molecule has 0 saturated carbocycles. The molecule has 0 spiro atoms. The first kappa shape index (κ1) is 28.0. The summed E-state index contributed by atoms with van der Waals surface area (Å²) in [6, 6.07) is 25.9. The van der Waals surface area contributed by atoms with Gasteiger partial charge in [-0.05, 0) is 78.4 Å². The van der Waals surface area contributed by atoms with E-state index in [0.29, 0.717) is 16.8 Å². The van der Waals surface area contributed by atoms with Crippen LogP contribution in [0.1, 0.15) is 31.8 Å². The van der Waals surface area contributed by atoms with E-state index in [0.717, 1.165) is 11.3 Å². The smallest absolute Gasteiger partial charge is 0.272 e. The van der Waals surface area contributed by atoms with E-state index in [2.05, 4.69) is 10.6 Å². The number of hydrogen-bond acceptors (Lipinski definition) is 4. The van der Waals surface area contributed by atoms with Crippen molar-refractivity contribution in [2.45, 2.75) is 0 Å². The number of ketones is 1. The molecule has 6 nitrogen and oxygen atoms in total. The van der Waals surface area contributed by atoms with Gasteiger partial charge in [-0.25, -0.2) is 4.39 Å². The predicted octanol–water partition coefficient (Wildman–Crippen LogP) is 6.79. The lowest BCUT2D eigenvalue weighted by atomic mass is 10.1. The molecule has 4 aromatic carbocycles. The first-order valence-corrected chi connectivity index (χ1v) is 12.5. The van der Waals surface area contributed by atoms with E-state index in [1.54, 1.807) is 79.9 Å². The van der Waals surface area contributed by atoms with Gasteiger partial charge in [-0.1, -0.05) is 54.1 Å². The number of nitrogens with one attached hydrogen (secondary N) is 2. The summed E-state index contributed by atoms with van der Waals surface area (Å²) in [5.74, 6) is -1.42. The van der Waals surface area contributed by atoms with Gasteiger partial charge in [0.1, 0.15) is 17.3 Å². The van der Waals surface area contributed by atoms with Crippen molar-refractivity contribution >= 4 is 47.0 Å². The van der Waals surface area contributed by atoms with Crippen LogP contribution in [-0.2, 0) is 4.79 Å². The number of benzene rings is 4. The highest BCUT2D eigenvalue weighted by Gasteiger charge is 2.17. The number of carbonyl (C=O) groups is 3. The summed E-state index contributed by atoms with van der Waals surface area (Å²) in [4.78, 5) is 38.6. The van der Waals surface area contributed by atoms with Crippen molar-refractivity contribution in [3.8, 4) is 5.75 Å². The van der Waals surface area contributed by atoms with E-state index < -0.39 is 17.6 Å². The molecule has 0 aliphatic heterocycles. The number of anilines is 1. The first-order valence-electron chi connectivity index (χ1n) is 12.1. The molecule has 0 atom stereocenters. The Morgan fingerprint density at radius 2 is 1.52 bits per heavy atom. The van der Waals surface area contributed by atoms with E-state index in [9.17, 15) is 18.8 Å². The van der Waals surface area contributed by atoms with E-state index in [1.165, 1.54) is 30.4 Å². The van der Waals surface area contributed by atoms with Crippen LogP contribution in [0.3, 0.4) is 0 Å². The monoisotopic (exact) mass is 554 g/mol. The summed E-state index contributed by atoms with van der Waals surface area (Å²) in [6.45, 7) is 0. The number of methoxy groups -OCH3 is 1. The average molecular weight is 555 g/mol. The maximum atomic E-state index is 14.5. The highest BCUT2D eigenvalue weighted by atomic mass is 35.5. The Hall–Kier alpha value is -5.01. The van der Waals surface area contributed by atoms with Gasteiger partial charge >= 0.3 is 0 Å². The second-order valence-electron chi connectivity index (χ2n) is 8.52. The molecular weight excluding hydrogens is 531 g/mol. The summed E-state index contributed by atoms with van der Waals surface area (Å²) >= 11 is 6.15. The summed E-state index contributed by atoms with van der Waals surface area (Å²) in [6.07, 6.45) is 4.32. The third kappa shape index (κ3) is 7.30. The summed E-state index contributed by atoms with van der Waals surface area (Å²) in [5, 5.41) is 5.28. The summed E-state index contributed by atoms with van der Waals surface area (Å²) in [7, 11) is 1.58. The van der Waals surface area contributed by atoms with Gasteiger partial charge in [0.05, 0.1) is 12.1 Å². The number of hydrogen-bond donors (Lipinski definition) is 2. The first-order chi connectivity index (χ1) is 19.3. The molecule has 2 N–H and O–H groups in total. The number of allylic oxidation sites excluding steroid dienone is 1. The zero-order valence-corrected chi connectivity index (χ0v) is 22.1. The minimum Gasteiger partial charge on any atom is -0.497 e. The van der Waals surface area contributed by atoms with Crippen molar-refractivity contribution in [2.75, 3.05) is 12.4 Å². The summed E-state index contributed by atoms with van der Waals surface area (Å²) in [5.41, 5.74) is 1.65. The Morgan fingerprint density at radius 3 is 2.17 bits per heavy atom. The molecule has 0 radical (unpaired) electrons. The Kier molecular flexibility index (Phi) is 9.23. The van der Waals surface area contributed by atoms with E-state index in [1.807, 2.05) is 12.1 Å². The molecule has 4 aromatic rings. The number of carbonyl (C=O) groups excluding carboxylic acids is 3. The number of rotatable bonds is 9. The molecule has 8 heteroatoms. The lowest BCUT2D eigenvalue weighted by molar-refractivity contribution is -0.113. The van der Waals surface area contributed by atoms with Gasteiger partial charge in [-0.2, -0.15) is 0 Å². The number of ether oxygens (including phenoxy) is 1. The largest absolute Gasteiger partial charge is 0.497 e. The van der Waals surface area contributed by atoms with Gasteiger partial charge < -0.3 is 15.4 Å². The highest BCUT2D eigenvalue weighted by Crippen LogP contribution is 2.22. The van der Waals surface area contributed by atoms with Gasteiger partial charge in [0, 0.05) is 22.4 Å². The van der Waals surface area contributed by atoms with Crippen molar-refractivity contribution in [2.24, 2.45) is 0 Å². The van der Waals surface area contributed by atoms with Crippen LogP contribution in [-0.4, -0.2) is 24.7 Å². The third-order valence-electron chi connectivity index (χ3n) is 5.79. The highest BCUT2D eigenvalue weighted by molar-refractivity contribution is 6.32. The van der Waals surface area contributed by atoms with E-state index in [-0.39, 0.29) is 22.1 Å². The van der Waals surface area contributed by atoms with Gasteiger partial charge in [-0.3, -0.25) is 14.4 Å². The molecule has 0 bridgehead atoms. The molecule has 0 aliphatic rings. The normalized spacial score (nSPS) is 11.2. The molecule has 0 saturated heterocycles. The minimum absolute atomic E-state index is 0.0488. The minimum atomic E-state index is -0.706. The lowest BCUT2D eigenvalue weighted by Crippen LogP contribution is -2.30. The van der Waals surface area contributed by atoms with Crippen LogP contribution in [0.25, 0.3) is 12.2 Å². The van der Waals surface area contributed by atoms with Crippen LogP contribution in [0, 0.1) is 5.82 Å². The van der Waals surface area contributed by atoms with Gasteiger partial charge in [0.25, 0.3) is 11.8 Å². The Balaban J connectivity index is 1.51. The molecule has 0 aromatic heterocycles. The molecule has 40 heavy (non-hydrogen) atoms. The van der Waals surface area contributed by atoms with Crippen LogP contribution in [0.15, 0.2) is 109 Å². The van der Waals surface area contributed by atoms with Crippen molar-refractivity contribution < 1.29 is 23.5 Å². The van der Waals surface area contributed by atoms with Gasteiger partial charge in [0.2, 0.25) is 0 Å². The van der Waals surface area contributed by atoms with Crippen LogP contribution in [0.2, 0.25) is 5.02 Å². The second kappa shape index (κ2) is 13.2. The molecular formula is C32H24ClFN2O4. The van der Waals surface area contributed by atoms with Crippen molar-refractivity contribution in [3.63, 3.8) is 0 Å². The fourth-order valence-electron chi connectivity index (χ4n) is 3.63. The maximum absolute atomic E-state index is 14.5. The Bertz CT molecular complexity index is 1560. The topological polar surface area (TPSA) is 84.5 Å².